The van der Waals surface area contributed by atoms with Crippen LogP contribution >= 0.6 is 0 Å². The normalized spacial score (nSPS) is 9.76. The molecule has 0 atom stereocenters. The summed E-state index contributed by atoms with van der Waals surface area (Å²) in [5.74, 6) is 0.0147. The molecule has 128 valence electrons. The monoisotopic (exact) mass is 338 g/mol. The van der Waals surface area contributed by atoms with Crippen molar-refractivity contribution in [3.63, 3.8) is 0 Å². The zero-order valence-electron chi connectivity index (χ0n) is 13.8. The van der Waals surface area contributed by atoms with Crippen molar-refractivity contribution >= 4 is 11.9 Å². The van der Waals surface area contributed by atoms with Crippen LogP contribution in [0.3, 0.4) is 0 Å². The third kappa shape index (κ3) is 5.66. The molecule has 1 amide bonds. The summed E-state index contributed by atoms with van der Waals surface area (Å²) in [5, 5.41) is 11.4. The van der Waals surface area contributed by atoms with Gasteiger partial charge in [0.1, 0.15) is 12.4 Å². The van der Waals surface area contributed by atoms with Crippen LogP contribution in [0.4, 0.5) is 0 Å². The molecule has 0 bridgehead atoms. The second kappa shape index (κ2) is 9.08. The number of benzene rings is 2. The van der Waals surface area contributed by atoms with Crippen molar-refractivity contribution < 1.29 is 19.1 Å². The smallest absolute Gasteiger partial charge is 0.307 e. The minimum Gasteiger partial charge on any atom is -0.489 e. The molecule has 0 aliphatic carbocycles. The third-order valence-corrected chi connectivity index (χ3v) is 3.42. The van der Waals surface area contributed by atoms with Gasteiger partial charge in [-0.05, 0) is 42.0 Å². The number of carbonyl (C=O) groups is 2. The van der Waals surface area contributed by atoms with E-state index in [0.717, 1.165) is 5.56 Å². The molecule has 2 aromatic carbocycles. The number of methoxy groups -OCH3 is 1. The van der Waals surface area contributed by atoms with Crippen LogP contribution in [0.15, 0.2) is 48.5 Å². The van der Waals surface area contributed by atoms with E-state index in [1.54, 1.807) is 42.5 Å². The summed E-state index contributed by atoms with van der Waals surface area (Å²) < 4.78 is 10.2. The van der Waals surface area contributed by atoms with Crippen LogP contribution in [0.25, 0.3) is 0 Å². The van der Waals surface area contributed by atoms with Gasteiger partial charge in [0.25, 0.3) is 5.91 Å². The second-order valence-corrected chi connectivity index (χ2v) is 5.21. The van der Waals surface area contributed by atoms with Gasteiger partial charge in [-0.15, -0.1) is 0 Å². The van der Waals surface area contributed by atoms with Crippen molar-refractivity contribution in [2.75, 3.05) is 13.7 Å². The van der Waals surface area contributed by atoms with Crippen molar-refractivity contribution in [2.24, 2.45) is 0 Å². The highest BCUT2D eigenvalue weighted by Gasteiger charge is 2.08. The first-order valence-corrected chi connectivity index (χ1v) is 7.69. The van der Waals surface area contributed by atoms with E-state index in [1.165, 1.54) is 7.11 Å². The fourth-order valence-corrected chi connectivity index (χ4v) is 2.08. The summed E-state index contributed by atoms with van der Waals surface area (Å²) in [5.41, 5.74) is 1.90. The van der Waals surface area contributed by atoms with Crippen LogP contribution in [-0.4, -0.2) is 25.5 Å². The Morgan fingerprint density at radius 1 is 1.16 bits per heavy atom. The molecule has 0 aliphatic heterocycles. The standard InChI is InChI=1S/C19H18N2O4/c1-24-18(22)9-10-21-19(23)16-4-2-3-15(11-16)13-25-17-7-5-14(12-20)6-8-17/h2-8,11H,9-10,13H2,1H3,(H,21,23). The predicted octanol–water partition coefficient (Wildman–Crippen LogP) is 2.43. The lowest BCUT2D eigenvalue weighted by molar-refractivity contribution is -0.140. The average Bonchev–Trinajstić information content (AvgIpc) is 2.66. The lowest BCUT2D eigenvalue weighted by Crippen LogP contribution is -2.26. The number of ether oxygens (including phenoxy) is 2. The molecule has 0 saturated carbocycles. The number of rotatable bonds is 7. The van der Waals surface area contributed by atoms with Gasteiger partial charge < -0.3 is 14.8 Å². The molecule has 0 spiro atoms. The SMILES string of the molecule is COC(=O)CCNC(=O)c1cccc(COc2ccc(C#N)cc2)c1. The summed E-state index contributed by atoms with van der Waals surface area (Å²) in [6, 6.07) is 15.9. The van der Waals surface area contributed by atoms with Gasteiger partial charge in [-0.3, -0.25) is 9.59 Å². The lowest BCUT2D eigenvalue weighted by atomic mass is 10.1. The van der Waals surface area contributed by atoms with Gasteiger partial charge in [-0.25, -0.2) is 0 Å². The highest BCUT2D eigenvalue weighted by atomic mass is 16.5. The first-order chi connectivity index (χ1) is 12.1. The maximum atomic E-state index is 12.1. The van der Waals surface area contributed by atoms with Crippen LogP contribution in [0.1, 0.15) is 27.9 Å². The molecule has 6 heteroatoms. The van der Waals surface area contributed by atoms with Gasteiger partial charge in [0.05, 0.1) is 25.2 Å². The lowest BCUT2D eigenvalue weighted by Gasteiger charge is -2.08. The molecular weight excluding hydrogens is 320 g/mol. The molecule has 0 heterocycles. The van der Waals surface area contributed by atoms with Crippen molar-refractivity contribution in [1.29, 1.82) is 5.26 Å². The number of carbonyl (C=O) groups excluding carboxylic acids is 2. The number of hydrogen-bond acceptors (Lipinski definition) is 5. The number of esters is 1. The number of nitrogens with zero attached hydrogens (tertiary/aromatic N) is 1. The minimum atomic E-state index is -0.370. The topological polar surface area (TPSA) is 88.4 Å². The Labute approximate surface area is 146 Å². The molecule has 0 aromatic heterocycles. The van der Waals surface area contributed by atoms with Crippen molar-refractivity contribution in [1.82, 2.24) is 5.32 Å². The van der Waals surface area contributed by atoms with Crippen molar-refractivity contribution in [3.8, 4) is 11.8 Å². The quantitative estimate of drug-likeness (QED) is 0.783. The van der Waals surface area contributed by atoms with Gasteiger partial charge in [-0.2, -0.15) is 5.26 Å². The predicted molar refractivity (Wildman–Crippen MR) is 90.9 cm³/mol. The molecule has 0 aliphatic rings. The first kappa shape index (κ1) is 18.0. The van der Waals surface area contributed by atoms with Gasteiger partial charge in [0.2, 0.25) is 0 Å². The maximum Gasteiger partial charge on any atom is 0.307 e. The third-order valence-electron chi connectivity index (χ3n) is 3.42. The van der Waals surface area contributed by atoms with Crippen molar-refractivity contribution in [3.05, 3.63) is 65.2 Å². The summed E-state index contributed by atoms with van der Waals surface area (Å²) in [6.45, 7) is 0.520. The second-order valence-electron chi connectivity index (χ2n) is 5.21. The van der Waals surface area contributed by atoms with E-state index in [2.05, 4.69) is 10.1 Å². The molecule has 0 radical (unpaired) electrons. The fraction of sp³-hybridized carbons (Fsp3) is 0.211. The van der Waals surface area contributed by atoms with Crippen LogP contribution in [0, 0.1) is 11.3 Å². The van der Waals surface area contributed by atoms with Gasteiger partial charge in [-0.1, -0.05) is 12.1 Å². The average molecular weight is 338 g/mol. The van der Waals surface area contributed by atoms with E-state index in [1.807, 2.05) is 12.1 Å². The Balaban J connectivity index is 1.90. The van der Waals surface area contributed by atoms with Crippen molar-refractivity contribution in [2.45, 2.75) is 13.0 Å². The highest BCUT2D eigenvalue weighted by Crippen LogP contribution is 2.14. The van der Waals surface area contributed by atoms with Crippen LogP contribution in [0.2, 0.25) is 0 Å². The summed E-state index contributed by atoms with van der Waals surface area (Å²) in [4.78, 5) is 23.1. The molecule has 0 saturated heterocycles. The highest BCUT2D eigenvalue weighted by molar-refractivity contribution is 5.94. The Morgan fingerprint density at radius 2 is 1.92 bits per heavy atom. The van der Waals surface area contributed by atoms with Gasteiger partial charge in [0, 0.05) is 12.1 Å². The van der Waals surface area contributed by atoms with E-state index in [-0.39, 0.29) is 24.8 Å². The number of nitrogens with one attached hydrogen (secondary N) is 1. The zero-order chi connectivity index (χ0) is 18.1. The largest absolute Gasteiger partial charge is 0.489 e. The summed E-state index contributed by atoms with van der Waals surface area (Å²) in [7, 11) is 1.31. The Morgan fingerprint density at radius 3 is 2.60 bits per heavy atom. The number of amides is 1. The fourth-order valence-electron chi connectivity index (χ4n) is 2.08. The summed E-state index contributed by atoms with van der Waals surface area (Å²) in [6.07, 6.45) is 0.129. The Bertz CT molecular complexity index is 779. The van der Waals surface area contributed by atoms with Gasteiger partial charge in [0.15, 0.2) is 0 Å². The van der Waals surface area contributed by atoms with E-state index in [4.69, 9.17) is 10.00 Å². The summed E-state index contributed by atoms with van der Waals surface area (Å²) >= 11 is 0. The van der Waals surface area contributed by atoms with E-state index in [9.17, 15) is 9.59 Å². The minimum absolute atomic E-state index is 0.129. The molecule has 0 fully saturated rings. The van der Waals surface area contributed by atoms with E-state index >= 15 is 0 Å². The molecule has 2 rings (SSSR count). The Kier molecular flexibility index (Phi) is 6.55. The molecule has 1 N–H and O–H groups in total. The number of hydrogen-bond donors (Lipinski definition) is 1. The van der Waals surface area contributed by atoms with E-state index < -0.39 is 0 Å². The molecule has 6 nitrogen and oxygen atoms in total. The van der Waals surface area contributed by atoms with Crippen LogP contribution in [0.5, 0.6) is 5.75 Å². The maximum absolute atomic E-state index is 12.1. The molecule has 0 unspecified atom stereocenters. The van der Waals surface area contributed by atoms with E-state index in [0.29, 0.717) is 23.5 Å². The number of nitriles is 1. The molecule has 2 aromatic rings. The van der Waals surface area contributed by atoms with Crippen LogP contribution in [-0.2, 0) is 16.1 Å². The Hall–Kier alpha value is -3.33. The van der Waals surface area contributed by atoms with Gasteiger partial charge >= 0.3 is 5.97 Å². The zero-order valence-corrected chi connectivity index (χ0v) is 13.8. The molecular formula is C19H18N2O4. The first-order valence-electron chi connectivity index (χ1n) is 7.69. The molecule has 25 heavy (non-hydrogen) atoms. The van der Waals surface area contributed by atoms with Crippen LogP contribution < -0.4 is 10.1 Å².